The summed E-state index contributed by atoms with van der Waals surface area (Å²) in [6, 6.07) is 0.000208. The Bertz CT molecular complexity index is 271. The number of hydrogen-bond donors (Lipinski definition) is 1. The van der Waals surface area contributed by atoms with E-state index in [2.05, 4.69) is 0 Å². The van der Waals surface area contributed by atoms with Crippen LogP contribution in [0.4, 0.5) is 0 Å². The number of Topliss-reactive ketones (excluding diaryl/α,β-unsaturated/α-hetero) is 1. The van der Waals surface area contributed by atoms with Crippen molar-refractivity contribution < 1.29 is 9.53 Å². The Balaban J connectivity index is 1.96. The number of hydrogen-bond acceptors (Lipinski definition) is 3. The molecule has 2 unspecified atom stereocenters. The third-order valence-electron chi connectivity index (χ3n) is 4.80. The van der Waals surface area contributed by atoms with Crippen LogP contribution in [-0.2, 0) is 9.53 Å². The summed E-state index contributed by atoms with van der Waals surface area (Å²) in [5, 5.41) is 0. The SMILES string of the molecule is COCCC(N)C1CC2(CCCC2)CCC1=O. The normalized spacial score (nSPS) is 29.8. The highest BCUT2D eigenvalue weighted by Gasteiger charge is 2.43. The quantitative estimate of drug-likeness (QED) is 0.819. The highest BCUT2D eigenvalue weighted by molar-refractivity contribution is 5.82. The van der Waals surface area contributed by atoms with Crippen LogP contribution in [0.15, 0.2) is 0 Å². The smallest absolute Gasteiger partial charge is 0.137 e. The summed E-state index contributed by atoms with van der Waals surface area (Å²) < 4.78 is 5.06. The molecule has 2 saturated carbocycles. The van der Waals surface area contributed by atoms with E-state index in [0.717, 1.165) is 25.7 Å². The van der Waals surface area contributed by atoms with Crippen LogP contribution in [0.3, 0.4) is 0 Å². The van der Waals surface area contributed by atoms with Crippen LogP contribution < -0.4 is 5.73 Å². The number of nitrogens with two attached hydrogens (primary N) is 1. The molecule has 2 rings (SSSR count). The van der Waals surface area contributed by atoms with Gasteiger partial charge in [-0.2, -0.15) is 0 Å². The van der Waals surface area contributed by atoms with E-state index < -0.39 is 0 Å². The van der Waals surface area contributed by atoms with E-state index in [0.29, 0.717) is 17.8 Å². The molecule has 98 valence electrons. The first kappa shape index (κ1) is 13.0. The molecule has 0 aromatic carbocycles. The first-order valence-corrected chi connectivity index (χ1v) is 6.94. The van der Waals surface area contributed by atoms with Gasteiger partial charge in [0.1, 0.15) is 5.78 Å². The zero-order chi connectivity index (χ0) is 12.3. The fraction of sp³-hybridized carbons (Fsp3) is 0.929. The van der Waals surface area contributed by atoms with Crippen molar-refractivity contribution in [2.75, 3.05) is 13.7 Å². The summed E-state index contributed by atoms with van der Waals surface area (Å²) in [5.74, 6) is 0.489. The van der Waals surface area contributed by atoms with Crippen molar-refractivity contribution in [2.45, 2.75) is 57.4 Å². The number of ketones is 1. The Morgan fingerprint density at radius 1 is 1.41 bits per heavy atom. The van der Waals surface area contributed by atoms with E-state index in [1.165, 1.54) is 25.7 Å². The van der Waals surface area contributed by atoms with E-state index in [1.807, 2.05) is 0 Å². The second-order valence-electron chi connectivity index (χ2n) is 5.93. The molecule has 0 bridgehead atoms. The lowest BCUT2D eigenvalue weighted by Gasteiger charge is -2.39. The van der Waals surface area contributed by atoms with Gasteiger partial charge >= 0.3 is 0 Å². The van der Waals surface area contributed by atoms with Crippen molar-refractivity contribution in [1.29, 1.82) is 0 Å². The standard InChI is InChI=1S/C14H25NO2/c1-17-9-5-12(15)11-10-14(6-2-3-7-14)8-4-13(11)16/h11-12H,2-10,15H2,1H3. The maximum atomic E-state index is 12.0. The molecular weight excluding hydrogens is 214 g/mol. The largest absolute Gasteiger partial charge is 0.385 e. The summed E-state index contributed by atoms with van der Waals surface area (Å²) in [6.07, 6.45) is 9.02. The average Bonchev–Trinajstić information content (AvgIpc) is 2.78. The molecule has 0 amide bonds. The summed E-state index contributed by atoms with van der Waals surface area (Å²) in [6.45, 7) is 0.665. The molecule has 0 aromatic rings. The number of methoxy groups -OCH3 is 1. The van der Waals surface area contributed by atoms with Gasteiger partial charge < -0.3 is 10.5 Å². The Morgan fingerprint density at radius 3 is 2.76 bits per heavy atom. The zero-order valence-electron chi connectivity index (χ0n) is 10.9. The summed E-state index contributed by atoms with van der Waals surface area (Å²) in [4.78, 5) is 12.0. The van der Waals surface area contributed by atoms with Crippen LogP contribution in [0.1, 0.15) is 51.4 Å². The molecule has 2 N–H and O–H groups in total. The average molecular weight is 239 g/mol. The maximum absolute atomic E-state index is 12.0. The van der Waals surface area contributed by atoms with Crippen LogP contribution in [0.25, 0.3) is 0 Å². The Hall–Kier alpha value is -0.410. The van der Waals surface area contributed by atoms with E-state index in [1.54, 1.807) is 7.11 Å². The molecule has 3 nitrogen and oxygen atoms in total. The molecule has 0 radical (unpaired) electrons. The van der Waals surface area contributed by atoms with Crippen molar-refractivity contribution in [3.63, 3.8) is 0 Å². The molecule has 2 fully saturated rings. The van der Waals surface area contributed by atoms with Crippen LogP contribution in [-0.4, -0.2) is 25.5 Å². The predicted molar refractivity (Wildman–Crippen MR) is 67.7 cm³/mol. The minimum absolute atomic E-state index is 0.000208. The number of rotatable bonds is 4. The first-order valence-electron chi connectivity index (χ1n) is 6.94. The third-order valence-corrected chi connectivity index (χ3v) is 4.80. The van der Waals surface area contributed by atoms with Gasteiger partial charge in [0.15, 0.2) is 0 Å². The van der Waals surface area contributed by atoms with Gasteiger partial charge in [-0.15, -0.1) is 0 Å². The first-order chi connectivity index (χ1) is 8.17. The fourth-order valence-corrected chi connectivity index (χ4v) is 3.68. The second-order valence-corrected chi connectivity index (χ2v) is 5.93. The number of carbonyl (C=O) groups excluding carboxylic acids is 1. The Morgan fingerprint density at radius 2 is 2.12 bits per heavy atom. The van der Waals surface area contributed by atoms with E-state index in [9.17, 15) is 4.79 Å². The Kier molecular flexibility index (Phi) is 4.21. The molecule has 1 spiro atoms. The topological polar surface area (TPSA) is 52.3 Å². The highest BCUT2D eigenvalue weighted by atomic mass is 16.5. The molecular formula is C14H25NO2. The van der Waals surface area contributed by atoms with Gasteiger partial charge in [-0.3, -0.25) is 4.79 Å². The minimum Gasteiger partial charge on any atom is -0.385 e. The van der Waals surface area contributed by atoms with E-state index in [-0.39, 0.29) is 12.0 Å². The summed E-state index contributed by atoms with van der Waals surface area (Å²) in [7, 11) is 1.69. The molecule has 3 heteroatoms. The molecule has 0 heterocycles. The summed E-state index contributed by atoms with van der Waals surface area (Å²) >= 11 is 0. The van der Waals surface area contributed by atoms with Crippen molar-refractivity contribution >= 4 is 5.78 Å². The lowest BCUT2D eigenvalue weighted by Crippen LogP contribution is -2.43. The molecule has 2 aliphatic carbocycles. The van der Waals surface area contributed by atoms with Gasteiger partial charge in [0.2, 0.25) is 0 Å². The van der Waals surface area contributed by atoms with Gasteiger partial charge in [0.25, 0.3) is 0 Å². The second kappa shape index (κ2) is 5.49. The molecule has 0 aromatic heterocycles. The van der Waals surface area contributed by atoms with Gasteiger partial charge in [-0.05, 0) is 37.5 Å². The molecule has 0 saturated heterocycles. The zero-order valence-corrected chi connectivity index (χ0v) is 10.9. The monoisotopic (exact) mass is 239 g/mol. The predicted octanol–water partition coefficient (Wildman–Crippen LogP) is 2.28. The van der Waals surface area contributed by atoms with Crippen molar-refractivity contribution in [2.24, 2.45) is 17.1 Å². The van der Waals surface area contributed by atoms with Gasteiger partial charge in [0.05, 0.1) is 0 Å². The fourth-order valence-electron chi connectivity index (χ4n) is 3.68. The highest BCUT2D eigenvalue weighted by Crippen LogP contribution is 2.50. The molecule has 0 aliphatic heterocycles. The van der Waals surface area contributed by atoms with Crippen LogP contribution in [0.2, 0.25) is 0 Å². The molecule has 17 heavy (non-hydrogen) atoms. The number of carbonyl (C=O) groups is 1. The van der Waals surface area contributed by atoms with E-state index >= 15 is 0 Å². The van der Waals surface area contributed by atoms with Gasteiger partial charge in [-0.25, -0.2) is 0 Å². The van der Waals surface area contributed by atoms with Crippen molar-refractivity contribution in [3.05, 3.63) is 0 Å². The lowest BCUT2D eigenvalue weighted by molar-refractivity contribution is -0.128. The van der Waals surface area contributed by atoms with Crippen LogP contribution in [0.5, 0.6) is 0 Å². The van der Waals surface area contributed by atoms with Crippen molar-refractivity contribution in [1.82, 2.24) is 0 Å². The maximum Gasteiger partial charge on any atom is 0.137 e. The van der Waals surface area contributed by atoms with Crippen molar-refractivity contribution in [3.8, 4) is 0 Å². The number of ether oxygens (including phenoxy) is 1. The summed E-state index contributed by atoms with van der Waals surface area (Å²) in [5.41, 5.74) is 6.64. The van der Waals surface area contributed by atoms with Crippen LogP contribution >= 0.6 is 0 Å². The van der Waals surface area contributed by atoms with Crippen LogP contribution in [0, 0.1) is 11.3 Å². The molecule has 2 aliphatic rings. The van der Waals surface area contributed by atoms with Gasteiger partial charge in [0, 0.05) is 32.1 Å². The molecule has 2 atom stereocenters. The minimum atomic E-state index is 0.000208. The lowest BCUT2D eigenvalue weighted by atomic mass is 9.66. The van der Waals surface area contributed by atoms with E-state index in [4.69, 9.17) is 10.5 Å². The third kappa shape index (κ3) is 2.89. The Labute approximate surface area is 104 Å². The van der Waals surface area contributed by atoms with Gasteiger partial charge in [-0.1, -0.05) is 12.8 Å².